The predicted molar refractivity (Wildman–Crippen MR) is 75.8 cm³/mol. The molecule has 1 aliphatic carbocycles. The topological polar surface area (TPSA) is 35.2 Å². The third kappa shape index (κ3) is 3.98. The molecule has 1 atom stereocenters. The van der Waals surface area contributed by atoms with E-state index >= 15 is 0 Å². The quantitative estimate of drug-likeness (QED) is 0.877. The first-order chi connectivity index (χ1) is 8.79. The zero-order chi connectivity index (χ0) is 12.8. The number of hydrogen-bond acceptors (Lipinski definition) is 2. The zero-order valence-corrected chi connectivity index (χ0v) is 11.5. The van der Waals surface area contributed by atoms with Gasteiger partial charge in [0.05, 0.1) is 12.7 Å². The molecule has 100 valence electrons. The highest BCUT2D eigenvalue weighted by Gasteiger charge is 2.17. The van der Waals surface area contributed by atoms with Crippen LogP contribution in [0, 0.1) is 5.92 Å². The van der Waals surface area contributed by atoms with Gasteiger partial charge in [0.25, 0.3) is 0 Å². The Bertz CT molecular complexity index is 363. The van der Waals surface area contributed by atoms with Gasteiger partial charge in [0.15, 0.2) is 0 Å². The molecule has 1 saturated carbocycles. The molecule has 2 nitrogen and oxygen atoms in total. The van der Waals surface area contributed by atoms with Crippen molar-refractivity contribution in [1.29, 1.82) is 0 Å². The van der Waals surface area contributed by atoms with Gasteiger partial charge < -0.3 is 10.5 Å². The molecule has 1 unspecified atom stereocenters. The second-order valence-corrected chi connectivity index (χ2v) is 5.55. The Hall–Kier alpha value is -0.570. The van der Waals surface area contributed by atoms with Gasteiger partial charge in [-0.15, -0.1) is 0 Å². The Morgan fingerprint density at radius 1 is 1.28 bits per heavy atom. The molecule has 18 heavy (non-hydrogen) atoms. The first kappa shape index (κ1) is 13.9. The van der Waals surface area contributed by atoms with Crippen LogP contribution in [-0.4, -0.2) is 13.2 Å². The zero-order valence-electron chi connectivity index (χ0n) is 10.8. The maximum Gasteiger partial charge on any atom is 0.0947 e. The fourth-order valence-corrected chi connectivity index (χ4v) is 2.81. The van der Waals surface area contributed by atoms with Gasteiger partial charge in [-0.05, 0) is 36.5 Å². The van der Waals surface area contributed by atoms with E-state index in [4.69, 9.17) is 22.1 Å². The normalized spacial score (nSPS) is 18.8. The summed E-state index contributed by atoms with van der Waals surface area (Å²) in [5, 5.41) is 0.743. The molecular formula is C15H22ClNO. The van der Waals surface area contributed by atoms with Crippen molar-refractivity contribution in [3.05, 3.63) is 34.9 Å². The van der Waals surface area contributed by atoms with E-state index in [-0.39, 0.29) is 6.10 Å². The van der Waals surface area contributed by atoms with Crippen molar-refractivity contribution >= 4 is 11.6 Å². The van der Waals surface area contributed by atoms with Crippen LogP contribution < -0.4 is 5.73 Å². The second kappa shape index (κ2) is 7.13. The summed E-state index contributed by atoms with van der Waals surface area (Å²) in [7, 11) is 0. The lowest BCUT2D eigenvalue weighted by Gasteiger charge is -2.24. The largest absolute Gasteiger partial charge is 0.372 e. The van der Waals surface area contributed by atoms with Crippen molar-refractivity contribution in [2.75, 3.05) is 13.2 Å². The van der Waals surface area contributed by atoms with Crippen LogP contribution in [0.2, 0.25) is 5.02 Å². The summed E-state index contributed by atoms with van der Waals surface area (Å²) in [5.41, 5.74) is 6.89. The van der Waals surface area contributed by atoms with E-state index < -0.39 is 0 Å². The Balaban J connectivity index is 1.88. The van der Waals surface area contributed by atoms with Crippen molar-refractivity contribution in [1.82, 2.24) is 0 Å². The fraction of sp³-hybridized carbons (Fsp3) is 0.600. The smallest absolute Gasteiger partial charge is 0.0947 e. The number of rotatable bonds is 5. The van der Waals surface area contributed by atoms with Crippen LogP contribution in [-0.2, 0) is 4.74 Å². The second-order valence-electron chi connectivity index (χ2n) is 5.12. The number of halogens is 1. The molecule has 1 aromatic carbocycles. The van der Waals surface area contributed by atoms with E-state index in [1.807, 2.05) is 24.3 Å². The van der Waals surface area contributed by atoms with E-state index in [2.05, 4.69) is 0 Å². The Kier molecular flexibility index (Phi) is 5.48. The van der Waals surface area contributed by atoms with Gasteiger partial charge in [0.1, 0.15) is 0 Å². The van der Waals surface area contributed by atoms with Gasteiger partial charge in [0.2, 0.25) is 0 Å². The molecule has 0 amide bonds. The van der Waals surface area contributed by atoms with E-state index in [1.54, 1.807) is 0 Å². The Labute approximate surface area is 114 Å². The summed E-state index contributed by atoms with van der Waals surface area (Å²) >= 11 is 6.00. The lowest BCUT2D eigenvalue weighted by atomic mass is 9.90. The number of benzene rings is 1. The molecule has 1 aliphatic rings. The molecule has 0 radical (unpaired) electrons. The highest BCUT2D eigenvalue weighted by molar-refractivity contribution is 6.30. The summed E-state index contributed by atoms with van der Waals surface area (Å²) in [6.45, 7) is 1.33. The van der Waals surface area contributed by atoms with Gasteiger partial charge in [0, 0.05) is 11.6 Å². The molecule has 0 saturated heterocycles. The van der Waals surface area contributed by atoms with Crippen molar-refractivity contribution < 1.29 is 4.74 Å². The van der Waals surface area contributed by atoms with Crippen LogP contribution in [0.5, 0.6) is 0 Å². The van der Waals surface area contributed by atoms with Crippen LogP contribution in [0.3, 0.4) is 0 Å². The highest BCUT2D eigenvalue weighted by Crippen LogP contribution is 2.26. The minimum atomic E-state index is -0.0226. The molecule has 3 heteroatoms. The first-order valence-electron chi connectivity index (χ1n) is 6.86. The average Bonchev–Trinajstić information content (AvgIpc) is 2.41. The predicted octanol–water partition coefficient (Wildman–Crippen LogP) is 3.94. The maximum atomic E-state index is 6.00. The Morgan fingerprint density at radius 3 is 2.72 bits per heavy atom. The van der Waals surface area contributed by atoms with Crippen LogP contribution in [0.1, 0.15) is 43.8 Å². The van der Waals surface area contributed by atoms with Crippen molar-refractivity contribution in [3.8, 4) is 0 Å². The third-order valence-corrected chi connectivity index (χ3v) is 3.93. The van der Waals surface area contributed by atoms with Crippen LogP contribution in [0.4, 0.5) is 0 Å². The average molecular weight is 268 g/mol. The molecule has 2 rings (SSSR count). The molecule has 2 N–H and O–H groups in total. The van der Waals surface area contributed by atoms with E-state index in [1.165, 1.54) is 32.1 Å². The van der Waals surface area contributed by atoms with E-state index in [0.717, 1.165) is 17.2 Å². The summed E-state index contributed by atoms with van der Waals surface area (Å²) in [6, 6.07) is 7.80. The lowest BCUT2D eigenvalue weighted by molar-refractivity contribution is 0.0246. The molecule has 0 aliphatic heterocycles. The van der Waals surface area contributed by atoms with Crippen LogP contribution in [0.25, 0.3) is 0 Å². The van der Waals surface area contributed by atoms with Gasteiger partial charge in [-0.3, -0.25) is 0 Å². The maximum absolute atomic E-state index is 6.00. The summed E-state index contributed by atoms with van der Waals surface area (Å²) < 4.78 is 5.99. The van der Waals surface area contributed by atoms with Crippen molar-refractivity contribution in [3.63, 3.8) is 0 Å². The summed E-state index contributed by atoms with van der Waals surface area (Å²) in [6.07, 6.45) is 6.65. The molecule has 0 heterocycles. The third-order valence-electron chi connectivity index (χ3n) is 3.69. The van der Waals surface area contributed by atoms with E-state index in [0.29, 0.717) is 12.5 Å². The van der Waals surface area contributed by atoms with Crippen molar-refractivity contribution in [2.45, 2.75) is 38.2 Å². The minimum absolute atomic E-state index is 0.0226. The van der Waals surface area contributed by atoms with Gasteiger partial charge in [-0.25, -0.2) is 0 Å². The molecule has 0 bridgehead atoms. The molecular weight excluding hydrogens is 246 g/mol. The lowest BCUT2D eigenvalue weighted by Crippen LogP contribution is -2.21. The Morgan fingerprint density at radius 2 is 2.06 bits per heavy atom. The highest BCUT2D eigenvalue weighted by atomic mass is 35.5. The number of hydrogen-bond donors (Lipinski definition) is 1. The SMILES string of the molecule is NCC(OCC1CCCCC1)c1cccc(Cl)c1. The number of nitrogens with two attached hydrogens (primary N) is 1. The standard InChI is InChI=1S/C15H22ClNO/c16-14-8-4-7-13(9-14)15(10-17)18-11-12-5-2-1-3-6-12/h4,7-9,12,15H,1-3,5-6,10-11,17H2. The minimum Gasteiger partial charge on any atom is -0.372 e. The molecule has 1 aromatic rings. The van der Waals surface area contributed by atoms with Crippen LogP contribution in [0.15, 0.2) is 24.3 Å². The van der Waals surface area contributed by atoms with E-state index in [9.17, 15) is 0 Å². The fourth-order valence-electron chi connectivity index (χ4n) is 2.61. The molecule has 0 aromatic heterocycles. The van der Waals surface area contributed by atoms with Gasteiger partial charge in [-0.1, -0.05) is 43.0 Å². The van der Waals surface area contributed by atoms with Gasteiger partial charge >= 0.3 is 0 Å². The summed E-state index contributed by atoms with van der Waals surface area (Å²) in [4.78, 5) is 0. The number of ether oxygens (including phenoxy) is 1. The molecule has 0 spiro atoms. The monoisotopic (exact) mass is 267 g/mol. The van der Waals surface area contributed by atoms with Crippen LogP contribution >= 0.6 is 11.6 Å². The van der Waals surface area contributed by atoms with Gasteiger partial charge in [-0.2, -0.15) is 0 Å². The van der Waals surface area contributed by atoms with Crippen molar-refractivity contribution in [2.24, 2.45) is 11.7 Å². The summed E-state index contributed by atoms with van der Waals surface area (Å²) in [5.74, 6) is 0.715. The molecule has 1 fully saturated rings. The first-order valence-corrected chi connectivity index (χ1v) is 7.24.